The second kappa shape index (κ2) is 5.39. The van der Waals surface area contributed by atoms with Crippen LogP contribution >= 0.6 is 0 Å². The van der Waals surface area contributed by atoms with Gasteiger partial charge in [0, 0.05) is 5.56 Å². The maximum atomic E-state index is 11.7. The monoisotopic (exact) mass is 234 g/mol. The number of benzene rings is 1. The van der Waals surface area contributed by atoms with Crippen molar-refractivity contribution >= 4 is 17.5 Å². The van der Waals surface area contributed by atoms with Crippen LogP contribution < -0.4 is 0 Å². The topological polar surface area (TPSA) is 60.4 Å². The molecule has 90 valence electrons. The van der Waals surface area contributed by atoms with Gasteiger partial charge in [-0.25, -0.2) is 4.79 Å². The molecular formula is C13H14O4. The zero-order valence-electron chi connectivity index (χ0n) is 10.1. The molecule has 0 spiro atoms. The van der Waals surface area contributed by atoms with E-state index in [-0.39, 0.29) is 12.2 Å². The molecule has 0 unspecified atom stereocenters. The Morgan fingerprint density at radius 1 is 1.06 bits per heavy atom. The highest BCUT2D eigenvalue weighted by Crippen LogP contribution is 2.10. The molecule has 0 saturated carbocycles. The molecule has 1 aromatic carbocycles. The number of esters is 1. The van der Waals surface area contributed by atoms with Crippen molar-refractivity contribution in [3.05, 3.63) is 34.9 Å². The Bertz CT molecular complexity index is 454. The summed E-state index contributed by atoms with van der Waals surface area (Å²) in [6.45, 7) is 5.29. The lowest BCUT2D eigenvalue weighted by atomic mass is 10.0. The zero-order valence-corrected chi connectivity index (χ0v) is 10.1. The van der Waals surface area contributed by atoms with E-state index in [0.717, 1.165) is 11.1 Å². The van der Waals surface area contributed by atoms with Crippen molar-refractivity contribution in [3.63, 3.8) is 0 Å². The number of carbonyl (C=O) groups excluding carboxylic acids is 3. The summed E-state index contributed by atoms with van der Waals surface area (Å²) in [5.41, 5.74) is 1.95. The molecule has 0 aromatic heterocycles. The minimum absolute atomic E-state index is 0.0741. The Morgan fingerprint density at radius 3 is 2.06 bits per heavy atom. The fraction of sp³-hybridized carbons (Fsp3) is 0.308. The lowest BCUT2D eigenvalue weighted by molar-refractivity contribution is -0.151. The predicted molar refractivity (Wildman–Crippen MR) is 61.9 cm³/mol. The van der Waals surface area contributed by atoms with Crippen molar-refractivity contribution in [1.82, 2.24) is 0 Å². The van der Waals surface area contributed by atoms with Crippen LogP contribution in [0.15, 0.2) is 18.2 Å². The van der Waals surface area contributed by atoms with Gasteiger partial charge in [-0.15, -0.1) is 0 Å². The molecule has 4 nitrogen and oxygen atoms in total. The molecule has 17 heavy (non-hydrogen) atoms. The molecule has 0 heterocycles. The molecular weight excluding hydrogens is 220 g/mol. The number of aryl methyl sites for hydroxylation is 2. The average molecular weight is 234 g/mol. The van der Waals surface area contributed by atoms with Crippen LogP contribution in [-0.4, -0.2) is 24.1 Å². The lowest BCUT2D eigenvalue weighted by Gasteiger charge is -2.03. The van der Waals surface area contributed by atoms with Gasteiger partial charge >= 0.3 is 11.8 Å². The average Bonchev–Trinajstić information content (AvgIpc) is 2.26. The first-order valence-electron chi connectivity index (χ1n) is 5.29. The molecule has 0 aliphatic rings. The molecule has 0 amide bonds. The summed E-state index contributed by atoms with van der Waals surface area (Å²) in [5.74, 6) is -3.05. The van der Waals surface area contributed by atoms with Crippen LogP contribution in [0.1, 0.15) is 28.4 Å². The smallest absolute Gasteiger partial charge is 0.383 e. The number of ketones is 2. The third kappa shape index (κ3) is 3.24. The van der Waals surface area contributed by atoms with Gasteiger partial charge in [-0.05, 0) is 32.9 Å². The van der Waals surface area contributed by atoms with E-state index in [0.29, 0.717) is 0 Å². The standard InChI is InChI=1S/C13H14O4/c1-4-17-13(16)12(15)11(14)10-6-8(2)5-9(3)7-10/h5-7H,4H2,1-3H3. The molecule has 0 fully saturated rings. The second-order valence-corrected chi connectivity index (χ2v) is 3.76. The molecule has 4 heteroatoms. The van der Waals surface area contributed by atoms with Gasteiger partial charge in [-0.2, -0.15) is 0 Å². The van der Waals surface area contributed by atoms with E-state index in [1.807, 2.05) is 19.9 Å². The minimum Gasteiger partial charge on any atom is -0.460 e. The minimum atomic E-state index is -1.13. The van der Waals surface area contributed by atoms with E-state index in [2.05, 4.69) is 4.74 Å². The SMILES string of the molecule is CCOC(=O)C(=O)C(=O)c1cc(C)cc(C)c1. The van der Waals surface area contributed by atoms with Gasteiger partial charge in [0.05, 0.1) is 6.61 Å². The van der Waals surface area contributed by atoms with Crippen molar-refractivity contribution in [2.45, 2.75) is 20.8 Å². The van der Waals surface area contributed by atoms with Crippen LogP contribution in [0.25, 0.3) is 0 Å². The van der Waals surface area contributed by atoms with E-state index in [1.54, 1.807) is 19.1 Å². The largest absolute Gasteiger partial charge is 0.460 e. The van der Waals surface area contributed by atoms with Crippen LogP contribution in [0.4, 0.5) is 0 Å². The normalized spacial score (nSPS) is 9.82. The van der Waals surface area contributed by atoms with Crippen LogP contribution in [0.2, 0.25) is 0 Å². The van der Waals surface area contributed by atoms with Crippen molar-refractivity contribution in [3.8, 4) is 0 Å². The molecule has 0 N–H and O–H groups in total. The highest BCUT2D eigenvalue weighted by Gasteiger charge is 2.25. The van der Waals surface area contributed by atoms with Gasteiger partial charge in [0.25, 0.3) is 0 Å². The van der Waals surface area contributed by atoms with Crippen LogP contribution in [0, 0.1) is 13.8 Å². The van der Waals surface area contributed by atoms with Crippen molar-refractivity contribution in [2.75, 3.05) is 6.61 Å². The first-order valence-corrected chi connectivity index (χ1v) is 5.29. The third-order valence-corrected chi connectivity index (χ3v) is 2.15. The number of rotatable bonds is 4. The summed E-state index contributed by atoms with van der Waals surface area (Å²) < 4.78 is 4.50. The number of hydrogen-bond donors (Lipinski definition) is 0. The highest BCUT2D eigenvalue weighted by molar-refractivity contribution is 6.65. The Kier molecular flexibility index (Phi) is 4.15. The molecule has 1 aromatic rings. The van der Waals surface area contributed by atoms with E-state index in [4.69, 9.17) is 0 Å². The van der Waals surface area contributed by atoms with Crippen LogP contribution in [-0.2, 0) is 14.3 Å². The molecule has 0 saturated heterocycles. The maximum absolute atomic E-state index is 11.7. The van der Waals surface area contributed by atoms with Gasteiger partial charge in [0.2, 0.25) is 5.78 Å². The van der Waals surface area contributed by atoms with Crippen molar-refractivity contribution < 1.29 is 19.1 Å². The Labute approximate surface area is 99.6 Å². The van der Waals surface area contributed by atoms with Gasteiger partial charge in [0.15, 0.2) is 0 Å². The van der Waals surface area contributed by atoms with Gasteiger partial charge in [-0.3, -0.25) is 9.59 Å². The van der Waals surface area contributed by atoms with E-state index >= 15 is 0 Å². The lowest BCUT2D eigenvalue weighted by Crippen LogP contribution is -2.26. The zero-order chi connectivity index (χ0) is 13.0. The highest BCUT2D eigenvalue weighted by atomic mass is 16.5. The van der Waals surface area contributed by atoms with E-state index < -0.39 is 17.5 Å². The molecule has 0 aliphatic heterocycles. The first-order chi connectivity index (χ1) is 7.95. The number of ether oxygens (including phenoxy) is 1. The molecule has 0 aliphatic carbocycles. The number of Topliss-reactive ketones (excluding diaryl/α,β-unsaturated/α-hetero) is 2. The molecule has 1 rings (SSSR count). The summed E-state index contributed by atoms with van der Waals surface area (Å²) in [6, 6.07) is 5.03. The van der Waals surface area contributed by atoms with Crippen molar-refractivity contribution in [2.24, 2.45) is 0 Å². The summed E-state index contributed by atoms with van der Waals surface area (Å²) in [7, 11) is 0. The molecule has 0 bridgehead atoms. The van der Waals surface area contributed by atoms with Gasteiger partial charge in [0.1, 0.15) is 0 Å². The van der Waals surface area contributed by atoms with E-state index in [1.165, 1.54) is 0 Å². The fourth-order valence-corrected chi connectivity index (χ4v) is 1.53. The fourth-order valence-electron chi connectivity index (χ4n) is 1.53. The Morgan fingerprint density at radius 2 is 1.59 bits per heavy atom. The summed E-state index contributed by atoms with van der Waals surface area (Å²) in [6.07, 6.45) is 0. The van der Waals surface area contributed by atoms with Crippen molar-refractivity contribution in [1.29, 1.82) is 0 Å². The van der Waals surface area contributed by atoms with Crippen LogP contribution in [0.5, 0.6) is 0 Å². The van der Waals surface area contributed by atoms with Crippen LogP contribution in [0.3, 0.4) is 0 Å². The first kappa shape index (κ1) is 13.1. The second-order valence-electron chi connectivity index (χ2n) is 3.76. The summed E-state index contributed by atoms with van der Waals surface area (Å²) >= 11 is 0. The van der Waals surface area contributed by atoms with E-state index in [9.17, 15) is 14.4 Å². The number of hydrogen-bond acceptors (Lipinski definition) is 4. The Hall–Kier alpha value is -1.97. The van der Waals surface area contributed by atoms with Gasteiger partial charge < -0.3 is 4.74 Å². The molecule has 0 atom stereocenters. The maximum Gasteiger partial charge on any atom is 0.383 e. The predicted octanol–water partition coefficient (Wildman–Crippen LogP) is 1.62. The quantitative estimate of drug-likeness (QED) is 0.344. The van der Waals surface area contributed by atoms with Gasteiger partial charge in [-0.1, -0.05) is 17.2 Å². The third-order valence-electron chi connectivity index (χ3n) is 2.15. The summed E-state index contributed by atoms with van der Waals surface area (Å²) in [5, 5.41) is 0. The molecule has 0 radical (unpaired) electrons. The number of carbonyl (C=O) groups is 3. The summed E-state index contributed by atoms with van der Waals surface area (Å²) in [4.78, 5) is 34.3. The Balaban J connectivity index is 2.96.